The molecule has 0 aliphatic rings. The highest BCUT2D eigenvalue weighted by Gasteiger charge is 2.15. The summed E-state index contributed by atoms with van der Waals surface area (Å²) >= 11 is 1.52. The quantitative estimate of drug-likeness (QED) is 0.852. The summed E-state index contributed by atoms with van der Waals surface area (Å²) in [6.07, 6.45) is 0.662. The zero-order chi connectivity index (χ0) is 13.8. The smallest absolute Gasteiger partial charge is 0.224 e. The first-order valence-electron chi connectivity index (χ1n) is 5.52. The van der Waals surface area contributed by atoms with Gasteiger partial charge in [0, 0.05) is 6.42 Å². The molecule has 6 heteroatoms. The third-order valence-electron chi connectivity index (χ3n) is 2.53. The van der Waals surface area contributed by atoms with E-state index in [4.69, 9.17) is 0 Å². The number of halogens is 3. The highest BCUT2D eigenvalue weighted by atomic mass is 32.1. The van der Waals surface area contributed by atoms with Gasteiger partial charge in [0.2, 0.25) is 5.91 Å². The van der Waals surface area contributed by atoms with Gasteiger partial charge in [-0.05, 0) is 40.9 Å². The molecular weight excluding hydrogens is 275 g/mol. The van der Waals surface area contributed by atoms with Crippen LogP contribution in [0, 0.1) is 17.5 Å². The molecule has 2 nitrogen and oxygen atoms in total. The molecule has 2 aromatic rings. The van der Waals surface area contributed by atoms with Gasteiger partial charge in [-0.25, -0.2) is 13.2 Å². The summed E-state index contributed by atoms with van der Waals surface area (Å²) in [6, 6.07) is 3.65. The summed E-state index contributed by atoms with van der Waals surface area (Å²) in [7, 11) is 0. The molecule has 0 aliphatic carbocycles. The number of rotatable bonds is 4. The Bertz CT molecular complexity index is 584. The van der Waals surface area contributed by atoms with Crippen LogP contribution in [0.15, 0.2) is 29.0 Å². The van der Waals surface area contributed by atoms with Gasteiger partial charge in [-0.2, -0.15) is 11.3 Å². The van der Waals surface area contributed by atoms with Crippen molar-refractivity contribution in [3.63, 3.8) is 0 Å². The molecule has 0 saturated carbocycles. The third-order valence-corrected chi connectivity index (χ3v) is 3.26. The van der Waals surface area contributed by atoms with Gasteiger partial charge in [0.25, 0.3) is 0 Å². The predicted octanol–water partition coefficient (Wildman–Crippen LogP) is 3.74. The topological polar surface area (TPSA) is 29.1 Å². The van der Waals surface area contributed by atoms with Gasteiger partial charge in [-0.1, -0.05) is 0 Å². The van der Waals surface area contributed by atoms with Crippen LogP contribution in [-0.4, -0.2) is 5.91 Å². The van der Waals surface area contributed by atoms with Crippen LogP contribution in [0.1, 0.15) is 12.0 Å². The van der Waals surface area contributed by atoms with E-state index in [0.29, 0.717) is 6.42 Å². The van der Waals surface area contributed by atoms with Crippen LogP contribution in [-0.2, 0) is 11.2 Å². The molecule has 0 radical (unpaired) electrons. The normalized spacial score (nSPS) is 10.5. The van der Waals surface area contributed by atoms with E-state index in [1.54, 1.807) is 0 Å². The van der Waals surface area contributed by atoms with Crippen LogP contribution >= 0.6 is 11.3 Å². The van der Waals surface area contributed by atoms with E-state index in [1.165, 1.54) is 11.3 Å². The van der Waals surface area contributed by atoms with E-state index in [9.17, 15) is 18.0 Å². The van der Waals surface area contributed by atoms with E-state index < -0.39 is 23.4 Å². The molecule has 1 aromatic heterocycles. The minimum atomic E-state index is -1.59. The summed E-state index contributed by atoms with van der Waals surface area (Å²) in [4.78, 5) is 11.6. The van der Waals surface area contributed by atoms with Crippen LogP contribution < -0.4 is 5.32 Å². The number of hydrogen-bond donors (Lipinski definition) is 1. The molecule has 2 rings (SSSR count). The van der Waals surface area contributed by atoms with Gasteiger partial charge in [0.05, 0.1) is 5.69 Å². The molecule has 0 saturated heterocycles. The van der Waals surface area contributed by atoms with Crippen LogP contribution in [0.4, 0.5) is 18.9 Å². The first-order chi connectivity index (χ1) is 9.08. The molecule has 100 valence electrons. The summed E-state index contributed by atoms with van der Waals surface area (Å²) < 4.78 is 39.0. The molecule has 1 amide bonds. The Kier molecular flexibility index (Phi) is 4.21. The Balaban J connectivity index is 1.97. The molecule has 1 N–H and O–H groups in total. The number of amides is 1. The number of carbonyl (C=O) groups excluding carboxylic acids is 1. The van der Waals surface area contributed by atoms with Crippen LogP contribution in [0.2, 0.25) is 0 Å². The van der Waals surface area contributed by atoms with Crippen LogP contribution in [0.5, 0.6) is 0 Å². The molecule has 1 heterocycles. The second-order valence-electron chi connectivity index (χ2n) is 3.90. The highest BCUT2D eigenvalue weighted by Crippen LogP contribution is 2.20. The Morgan fingerprint density at radius 3 is 2.63 bits per heavy atom. The number of nitrogens with one attached hydrogen (secondary N) is 1. The SMILES string of the molecule is O=C(CCc1ccsc1)Nc1ccc(F)c(F)c1F. The van der Waals surface area contributed by atoms with E-state index in [0.717, 1.165) is 17.7 Å². The minimum Gasteiger partial charge on any atom is -0.323 e. The minimum absolute atomic E-state index is 0.148. The molecular formula is C13H10F3NOS. The molecule has 0 atom stereocenters. The van der Waals surface area contributed by atoms with Crippen LogP contribution in [0.3, 0.4) is 0 Å². The molecule has 0 unspecified atom stereocenters. The first kappa shape index (κ1) is 13.6. The number of carbonyl (C=O) groups is 1. The number of thiophene rings is 1. The maximum Gasteiger partial charge on any atom is 0.224 e. The zero-order valence-electron chi connectivity index (χ0n) is 9.75. The second kappa shape index (κ2) is 5.88. The molecule has 0 bridgehead atoms. The zero-order valence-corrected chi connectivity index (χ0v) is 10.6. The number of hydrogen-bond acceptors (Lipinski definition) is 2. The van der Waals surface area contributed by atoms with E-state index in [-0.39, 0.29) is 12.1 Å². The highest BCUT2D eigenvalue weighted by molar-refractivity contribution is 7.07. The van der Waals surface area contributed by atoms with Crippen molar-refractivity contribution >= 4 is 22.9 Å². The average Bonchev–Trinajstić information content (AvgIpc) is 2.90. The Morgan fingerprint density at radius 1 is 1.16 bits per heavy atom. The largest absolute Gasteiger partial charge is 0.323 e. The number of benzene rings is 1. The first-order valence-corrected chi connectivity index (χ1v) is 6.46. The van der Waals surface area contributed by atoms with E-state index in [2.05, 4.69) is 5.32 Å². The number of anilines is 1. The molecule has 19 heavy (non-hydrogen) atoms. The Morgan fingerprint density at radius 2 is 1.95 bits per heavy atom. The van der Waals surface area contributed by atoms with Gasteiger partial charge in [0.15, 0.2) is 17.5 Å². The maximum atomic E-state index is 13.3. The van der Waals surface area contributed by atoms with Crippen molar-refractivity contribution in [3.8, 4) is 0 Å². The molecule has 0 fully saturated rings. The van der Waals surface area contributed by atoms with Crippen molar-refractivity contribution in [2.24, 2.45) is 0 Å². The maximum absolute atomic E-state index is 13.3. The van der Waals surface area contributed by atoms with Crippen molar-refractivity contribution < 1.29 is 18.0 Å². The van der Waals surface area contributed by atoms with Crippen molar-refractivity contribution in [3.05, 3.63) is 52.0 Å². The fourth-order valence-electron chi connectivity index (χ4n) is 1.53. The van der Waals surface area contributed by atoms with Crippen LogP contribution in [0.25, 0.3) is 0 Å². The lowest BCUT2D eigenvalue weighted by atomic mass is 10.2. The fraction of sp³-hybridized carbons (Fsp3) is 0.154. The molecule has 0 spiro atoms. The standard InChI is InChI=1S/C13H10F3NOS/c14-9-2-3-10(13(16)12(9)15)17-11(18)4-1-8-5-6-19-7-8/h2-3,5-7H,1,4H2,(H,17,18). The van der Waals surface area contributed by atoms with Crippen molar-refractivity contribution in [2.45, 2.75) is 12.8 Å². The fourth-order valence-corrected chi connectivity index (χ4v) is 2.23. The van der Waals surface area contributed by atoms with Crippen molar-refractivity contribution in [1.29, 1.82) is 0 Å². The van der Waals surface area contributed by atoms with Gasteiger partial charge in [-0.15, -0.1) is 0 Å². The number of aryl methyl sites for hydroxylation is 1. The van der Waals surface area contributed by atoms with Gasteiger partial charge in [0.1, 0.15) is 0 Å². The van der Waals surface area contributed by atoms with Gasteiger partial charge in [-0.3, -0.25) is 4.79 Å². The van der Waals surface area contributed by atoms with Crippen molar-refractivity contribution in [1.82, 2.24) is 0 Å². The Labute approximate surface area is 111 Å². The van der Waals surface area contributed by atoms with E-state index >= 15 is 0 Å². The lowest BCUT2D eigenvalue weighted by molar-refractivity contribution is -0.116. The molecule has 0 aliphatic heterocycles. The van der Waals surface area contributed by atoms with Gasteiger partial charge >= 0.3 is 0 Å². The summed E-state index contributed by atoms with van der Waals surface area (Å²) in [5.74, 6) is -4.70. The lowest BCUT2D eigenvalue weighted by Gasteiger charge is -2.06. The summed E-state index contributed by atoms with van der Waals surface area (Å²) in [5.41, 5.74) is 0.653. The van der Waals surface area contributed by atoms with Gasteiger partial charge < -0.3 is 5.32 Å². The predicted molar refractivity (Wildman–Crippen MR) is 67.6 cm³/mol. The molecule has 1 aromatic carbocycles. The summed E-state index contributed by atoms with van der Waals surface area (Å²) in [6.45, 7) is 0. The Hall–Kier alpha value is -1.82. The summed E-state index contributed by atoms with van der Waals surface area (Å²) in [5, 5.41) is 6.02. The van der Waals surface area contributed by atoms with E-state index in [1.807, 2.05) is 16.8 Å². The lowest BCUT2D eigenvalue weighted by Crippen LogP contribution is -2.14. The van der Waals surface area contributed by atoms with Crippen molar-refractivity contribution in [2.75, 3.05) is 5.32 Å². The third kappa shape index (κ3) is 3.35. The average molecular weight is 285 g/mol. The monoisotopic (exact) mass is 285 g/mol. The second-order valence-corrected chi connectivity index (χ2v) is 4.68.